The zero-order valence-corrected chi connectivity index (χ0v) is 29.1. The normalized spacial score (nSPS) is 12.8. The number of allylic oxidation sites excluding steroid dienone is 6. The summed E-state index contributed by atoms with van der Waals surface area (Å²) in [5.74, 6) is 4.69. The maximum atomic E-state index is 7.12. The van der Waals surface area contributed by atoms with Crippen molar-refractivity contribution in [2.24, 2.45) is 4.99 Å². The van der Waals surface area contributed by atoms with E-state index in [1.54, 1.807) is 0 Å². The van der Waals surface area contributed by atoms with Gasteiger partial charge in [-0.2, -0.15) is 6.58 Å². The Hall–Kier alpha value is -3.96. The SMILES string of the molecule is C1=CC(Cc2ccccn2)=NCC1.[Au+].[Au+].[C-]#CC(=C)/C=C\C1=CCc2ccccc21.[C-]#Cc1ccc2c(c1)Cc1ccccc1-2. The topological polar surface area (TPSA) is 25.2 Å². The van der Waals surface area contributed by atoms with Gasteiger partial charge in [0, 0.05) is 30.6 Å². The molecular formula is C41H32Au2N2. The number of dihydropyridines is 1. The van der Waals surface area contributed by atoms with Crippen LogP contribution < -0.4 is 0 Å². The number of hydrogen-bond donors (Lipinski definition) is 0. The van der Waals surface area contributed by atoms with Crippen molar-refractivity contribution in [3.63, 3.8) is 0 Å². The fourth-order valence-electron chi connectivity index (χ4n) is 5.28. The van der Waals surface area contributed by atoms with Crippen molar-refractivity contribution in [3.05, 3.63) is 180 Å². The molecule has 0 radical (unpaired) electrons. The fourth-order valence-corrected chi connectivity index (χ4v) is 5.28. The van der Waals surface area contributed by atoms with Crippen LogP contribution in [0, 0.1) is 24.7 Å². The van der Waals surface area contributed by atoms with Gasteiger partial charge in [0.2, 0.25) is 0 Å². The van der Waals surface area contributed by atoms with E-state index in [2.05, 4.69) is 101 Å². The molecule has 0 N–H and O–H groups in total. The van der Waals surface area contributed by atoms with Crippen LogP contribution in [0.15, 0.2) is 139 Å². The van der Waals surface area contributed by atoms with Crippen molar-refractivity contribution < 1.29 is 44.8 Å². The Balaban J connectivity index is 0.000000181. The number of rotatable bonds is 4. The summed E-state index contributed by atoms with van der Waals surface area (Å²) in [6.45, 7) is 4.61. The number of fused-ring (bicyclic) bond motifs is 4. The average molecular weight is 947 g/mol. The van der Waals surface area contributed by atoms with Crippen molar-refractivity contribution in [1.82, 2.24) is 4.98 Å². The maximum Gasteiger partial charge on any atom is 1.00 e. The molecule has 0 bridgehead atoms. The van der Waals surface area contributed by atoms with Gasteiger partial charge in [-0.3, -0.25) is 21.8 Å². The van der Waals surface area contributed by atoms with Crippen molar-refractivity contribution in [2.45, 2.75) is 25.7 Å². The number of hydrogen-bond acceptors (Lipinski definition) is 2. The Morgan fingerprint density at radius 1 is 0.844 bits per heavy atom. The summed E-state index contributed by atoms with van der Waals surface area (Å²) in [5, 5.41) is 0. The minimum absolute atomic E-state index is 0. The number of aromatic nitrogens is 1. The number of nitrogens with zero attached hydrogens (tertiary/aromatic N) is 2. The van der Waals surface area contributed by atoms with Gasteiger partial charge in [-0.05, 0) is 70.9 Å². The molecule has 2 aliphatic carbocycles. The van der Waals surface area contributed by atoms with E-state index in [9.17, 15) is 0 Å². The first-order valence-corrected chi connectivity index (χ1v) is 14.5. The van der Waals surface area contributed by atoms with E-state index in [0.29, 0.717) is 5.57 Å². The predicted octanol–water partition coefficient (Wildman–Crippen LogP) is 8.54. The molecule has 0 saturated carbocycles. The Bertz CT molecular complexity index is 1830. The summed E-state index contributed by atoms with van der Waals surface area (Å²) in [4.78, 5) is 8.67. The van der Waals surface area contributed by atoms with E-state index < -0.39 is 0 Å². The molecule has 1 aromatic heterocycles. The largest absolute Gasteiger partial charge is 1.00 e. The molecule has 0 amide bonds. The smallest absolute Gasteiger partial charge is 0.366 e. The minimum atomic E-state index is 0. The molecule has 7 rings (SSSR count). The van der Waals surface area contributed by atoms with Gasteiger partial charge in [-0.15, -0.1) is 29.3 Å². The second-order valence-corrected chi connectivity index (χ2v) is 10.4. The van der Waals surface area contributed by atoms with E-state index in [0.717, 1.165) is 49.2 Å². The number of benzene rings is 3. The van der Waals surface area contributed by atoms with Gasteiger partial charge in [0.25, 0.3) is 0 Å². The van der Waals surface area contributed by atoms with Crippen molar-refractivity contribution >= 4 is 11.3 Å². The molecule has 0 spiro atoms. The van der Waals surface area contributed by atoms with Gasteiger partial charge in [-0.25, -0.2) is 0 Å². The second kappa shape index (κ2) is 18.1. The van der Waals surface area contributed by atoms with E-state index >= 15 is 0 Å². The molecule has 3 aromatic carbocycles. The van der Waals surface area contributed by atoms with Gasteiger partial charge in [0.1, 0.15) is 0 Å². The third-order valence-corrected chi connectivity index (χ3v) is 7.44. The molecule has 4 heteroatoms. The van der Waals surface area contributed by atoms with Gasteiger partial charge in [-0.1, -0.05) is 84.5 Å². The summed E-state index contributed by atoms with van der Waals surface area (Å²) in [7, 11) is 0. The van der Waals surface area contributed by atoms with Crippen LogP contribution in [0.4, 0.5) is 0 Å². The quantitative estimate of drug-likeness (QED) is 0.0769. The third kappa shape index (κ3) is 9.76. The maximum absolute atomic E-state index is 7.12. The molecule has 0 unspecified atom stereocenters. The molecule has 45 heavy (non-hydrogen) atoms. The summed E-state index contributed by atoms with van der Waals surface area (Å²) in [6.07, 6.45) is 30.0. The Morgan fingerprint density at radius 2 is 1.58 bits per heavy atom. The second-order valence-electron chi connectivity index (χ2n) is 10.4. The van der Waals surface area contributed by atoms with E-state index in [-0.39, 0.29) is 44.8 Å². The molecule has 4 aromatic rings. The molecule has 1 aliphatic heterocycles. The number of aliphatic imine (C=N–C) groups is 1. The van der Waals surface area contributed by atoms with Crippen LogP contribution in [0.25, 0.3) is 16.7 Å². The van der Waals surface area contributed by atoms with Crippen molar-refractivity contribution in [2.75, 3.05) is 6.54 Å². The molecule has 0 atom stereocenters. The third-order valence-electron chi connectivity index (χ3n) is 7.44. The van der Waals surface area contributed by atoms with Crippen LogP contribution in [-0.2, 0) is 64.0 Å². The van der Waals surface area contributed by atoms with E-state index in [1.165, 1.54) is 39.0 Å². The van der Waals surface area contributed by atoms with Crippen LogP contribution in [0.3, 0.4) is 0 Å². The number of pyridine rings is 1. The minimum Gasteiger partial charge on any atom is -0.366 e. The molecular weight excluding hydrogens is 914 g/mol. The Kier molecular flexibility index (Phi) is 14.3. The molecule has 2 nitrogen and oxygen atoms in total. The Morgan fingerprint density at radius 3 is 2.29 bits per heavy atom. The monoisotopic (exact) mass is 946 g/mol. The molecule has 3 aliphatic rings. The fraction of sp³-hybridized carbons (Fsp3) is 0.122. The van der Waals surface area contributed by atoms with Gasteiger partial charge in [0.05, 0.1) is 0 Å². The van der Waals surface area contributed by atoms with Crippen LogP contribution >= 0.6 is 0 Å². The zero-order chi connectivity index (χ0) is 29.9. The summed E-state index contributed by atoms with van der Waals surface area (Å²) >= 11 is 0. The first-order valence-electron chi connectivity index (χ1n) is 14.5. The van der Waals surface area contributed by atoms with Gasteiger partial charge < -0.3 is 12.8 Å². The summed E-state index contributed by atoms with van der Waals surface area (Å²) in [5.41, 5.74) is 12.9. The average Bonchev–Trinajstić information content (AvgIpc) is 3.66. The van der Waals surface area contributed by atoms with Gasteiger partial charge in [0.15, 0.2) is 0 Å². The predicted molar refractivity (Wildman–Crippen MR) is 178 cm³/mol. The van der Waals surface area contributed by atoms with Crippen molar-refractivity contribution in [1.29, 1.82) is 0 Å². The molecule has 0 fully saturated rings. The first-order chi connectivity index (χ1) is 21.1. The molecule has 0 saturated heterocycles. The summed E-state index contributed by atoms with van der Waals surface area (Å²) in [6, 6.07) is 28.9. The first kappa shape index (κ1) is 35.5. The van der Waals surface area contributed by atoms with Crippen LogP contribution in [-0.4, -0.2) is 17.2 Å². The van der Waals surface area contributed by atoms with Crippen LogP contribution in [0.1, 0.15) is 39.9 Å². The van der Waals surface area contributed by atoms with E-state index in [1.807, 2.05) is 48.7 Å². The van der Waals surface area contributed by atoms with Crippen molar-refractivity contribution in [3.8, 4) is 23.0 Å². The standard InChI is InChI=1S/C15H9.C15H11.C11H12N2.2Au/c1-2-11-7-8-15-13(9-11)10-12-5-3-4-6-14(12)15;1-3-12(2)8-9-14-11-10-13-6-4-5-7-15(13)14;1-3-7-12-10(5-1)9-11-6-2-4-8-13-11;;/h3-9H,10H2;4-9,11H,2,10H2;1-3,5-7H,4,8-9H2;;/q2*-1;;2*+1/b;9-8-;;;. The zero-order valence-electron chi connectivity index (χ0n) is 24.8. The van der Waals surface area contributed by atoms with E-state index in [4.69, 9.17) is 12.8 Å². The van der Waals surface area contributed by atoms with Crippen LogP contribution in [0.5, 0.6) is 0 Å². The molecule has 228 valence electrons. The summed E-state index contributed by atoms with van der Waals surface area (Å²) < 4.78 is 0. The Labute approximate surface area is 299 Å². The molecule has 2 heterocycles. The van der Waals surface area contributed by atoms with Crippen LogP contribution in [0.2, 0.25) is 0 Å². The van der Waals surface area contributed by atoms with Gasteiger partial charge >= 0.3 is 44.8 Å².